The third-order valence-electron chi connectivity index (χ3n) is 5.61. The maximum absolute atomic E-state index is 6.21. The number of rotatable bonds is 3. The van der Waals surface area contributed by atoms with Gasteiger partial charge in [-0.05, 0) is 41.8 Å². The number of fused-ring (bicyclic) bond motifs is 4. The zero-order chi connectivity index (χ0) is 21.6. The zero-order valence-electron chi connectivity index (χ0n) is 18.0. The van der Waals surface area contributed by atoms with Crippen LogP contribution in [0.2, 0.25) is 0 Å². The molecule has 3 N–H and O–H groups in total. The largest absolute Gasteiger partial charge is 0.493 e. The molecule has 158 valence electrons. The first kappa shape index (κ1) is 19.4. The summed E-state index contributed by atoms with van der Waals surface area (Å²) in [6, 6.07) is 12.0. The fraction of sp³-hybridized carbons (Fsp3) is 0.280. The second kappa shape index (κ2) is 7.01. The van der Waals surface area contributed by atoms with Gasteiger partial charge in [0.1, 0.15) is 11.5 Å². The first-order valence-electron chi connectivity index (χ1n) is 10.4. The van der Waals surface area contributed by atoms with Crippen LogP contribution in [0.1, 0.15) is 31.9 Å². The number of pyridine rings is 2. The topological polar surface area (TPSA) is 82.3 Å². The Hall–Kier alpha value is -3.54. The van der Waals surface area contributed by atoms with Gasteiger partial charge in [0, 0.05) is 47.4 Å². The first-order valence-corrected chi connectivity index (χ1v) is 10.4. The highest BCUT2D eigenvalue weighted by atomic mass is 16.5. The van der Waals surface area contributed by atoms with Crippen LogP contribution >= 0.6 is 0 Å². The first-order chi connectivity index (χ1) is 14.8. The van der Waals surface area contributed by atoms with E-state index < -0.39 is 5.41 Å². The van der Waals surface area contributed by atoms with Gasteiger partial charge in [-0.15, -0.1) is 0 Å². The monoisotopic (exact) mass is 414 g/mol. The third kappa shape index (κ3) is 3.48. The van der Waals surface area contributed by atoms with Crippen LogP contribution < -0.4 is 20.5 Å². The lowest BCUT2D eigenvalue weighted by atomic mass is 9.73. The van der Waals surface area contributed by atoms with E-state index in [9.17, 15) is 0 Å². The molecule has 2 aliphatic rings. The minimum Gasteiger partial charge on any atom is -0.493 e. The molecule has 31 heavy (non-hydrogen) atoms. The van der Waals surface area contributed by atoms with Crippen molar-refractivity contribution in [3.8, 4) is 28.5 Å². The lowest BCUT2D eigenvalue weighted by Gasteiger charge is -2.35. The molecule has 0 radical (unpaired) electrons. The molecular weight excluding hydrogens is 388 g/mol. The Bertz CT molecular complexity index is 1170. The molecule has 6 heteroatoms. The summed E-state index contributed by atoms with van der Waals surface area (Å²) >= 11 is 0. The van der Waals surface area contributed by atoms with E-state index in [2.05, 4.69) is 54.3 Å². The van der Waals surface area contributed by atoms with E-state index in [-0.39, 0.29) is 5.41 Å². The third-order valence-corrected chi connectivity index (χ3v) is 5.61. The Morgan fingerprint density at radius 3 is 2.71 bits per heavy atom. The van der Waals surface area contributed by atoms with Gasteiger partial charge in [-0.2, -0.15) is 0 Å². The van der Waals surface area contributed by atoms with Crippen molar-refractivity contribution in [2.45, 2.75) is 26.2 Å². The molecule has 3 aromatic rings. The van der Waals surface area contributed by atoms with E-state index in [4.69, 9.17) is 15.2 Å². The van der Waals surface area contributed by atoms with Gasteiger partial charge < -0.3 is 20.5 Å². The summed E-state index contributed by atoms with van der Waals surface area (Å²) in [6.45, 7) is 7.72. The molecule has 0 bridgehead atoms. The van der Waals surface area contributed by atoms with Gasteiger partial charge in [-0.3, -0.25) is 4.98 Å². The van der Waals surface area contributed by atoms with Gasteiger partial charge in [-0.1, -0.05) is 26.8 Å². The number of nitrogens with two attached hydrogens (primary N) is 1. The average molecular weight is 415 g/mol. The molecule has 2 aromatic heterocycles. The molecule has 2 aliphatic heterocycles. The minimum absolute atomic E-state index is 0.0679. The summed E-state index contributed by atoms with van der Waals surface area (Å²) in [5.41, 5.74) is 9.77. The van der Waals surface area contributed by atoms with Crippen molar-refractivity contribution in [3.05, 3.63) is 78.0 Å². The average Bonchev–Trinajstić information content (AvgIpc) is 3.15. The van der Waals surface area contributed by atoms with Crippen molar-refractivity contribution in [3.63, 3.8) is 0 Å². The van der Waals surface area contributed by atoms with Gasteiger partial charge in [0.15, 0.2) is 0 Å². The molecule has 0 aliphatic carbocycles. The summed E-state index contributed by atoms with van der Waals surface area (Å²) in [5.74, 6) is 2.82. The molecule has 0 amide bonds. The molecule has 5 rings (SSSR count). The van der Waals surface area contributed by atoms with E-state index in [1.165, 1.54) is 0 Å². The molecule has 0 saturated heterocycles. The molecule has 1 spiro atoms. The zero-order valence-corrected chi connectivity index (χ0v) is 18.0. The van der Waals surface area contributed by atoms with Crippen LogP contribution in [0.4, 0.5) is 0 Å². The fourth-order valence-electron chi connectivity index (χ4n) is 4.09. The summed E-state index contributed by atoms with van der Waals surface area (Å²) in [5, 5.41) is 3.30. The van der Waals surface area contributed by atoms with Gasteiger partial charge in [0.05, 0.1) is 17.8 Å². The van der Waals surface area contributed by atoms with Crippen LogP contribution in [0.5, 0.6) is 17.4 Å². The number of benzene rings is 1. The second-order valence-electron chi connectivity index (χ2n) is 9.35. The van der Waals surface area contributed by atoms with Gasteiger partial charge in [0.25, 0.3) is 0 Å². The number of aromatic nitrogens is 2. The lowest BCUT2D eigenvalue weighted by molar-refractivity contribution is 0.197. The molecule has 1 aromatic carbocycles. The van der Waals surface area contributed by atoms with Crippen LogP contribution in [0.3, 0.4) is 0 Å². The molecule has 6 nitrogen and oxygen atoms in total. The summed E-state index contributed by atoms with van der Waals surface area (Å²) < 4.78 is 12.3. The predicted molar refractivity (Wildman–Crippen MR) is 120 cm³/mol. The number of nitrogens with zero attached hydrogens (tertiary/aromatic N) is 2. The number of hydrogen-bond donors (Lipinski definition) is 2. The van der Waals surface area contributed by atoms with Crippen molar-refractivity contribution in [1.82, 2.24) is 15.3 Å². The number of hydrogen-bond acceptors (Lipinski definition) is 6. The molecular formula is C25H26N4O2. The lowest BCUT2D eigenvalue weighted by Crippen LogP contribution is -2.34. The summed E-state index contributed by atoms with van der Waals surface area (Å²) in [4.78, 5) is 8.89. The maximum Gasteiger partial charge on any atom is 0.223 e. The van der Waals surface area contributed by atoms with Crippen LogP contribution in [-0.2, 0) is 5.41 Å². The van der Waals surface area contributed by atoms with Crippen LogP contribution in [-0.4, -0.2) is 23.1 Å². The van der Waals surface area contributed by atoms with Crippen LogP contribution in [0.15, 0.2) is 66.9 Å². The van der Waals surface area contributed by atoms with Crippen molar-refractivity contribution >= 4 is 0 Å². The highest BCUT2D eigenvalue weighted by molar-refractivity contribution is 5.68. The van der Waals surface area contributed by atoms with Crippen molar-refractivity contribution in [2.24, 2.45) is 11.1 Å². The van der Waals surface area contributed by atoms with Crippen LogP contribution in [0, 0.1) is 5.41 Å². The van der Waals surface area contributed by atoms with E-state index in [1.807, 2.05) is 36.7 Å². The van der Waals surface area contributed by atoms with Crippen LogP contribution in [0.25, 0.3) is 11.1 Å². The smallest absolute Gasteiger partial charge is 0.223 e. The molecule has 0 saturated carbocycles. The number of nitrogens with one attached hydrogen (secondary N) is 1. The van der Waals surface area contributed by atoms with Crippen molar-refractivity contribution in [2.75, 3.05) is 13.2 Å². The minimum atomic E-state index is -0.487. The fourth-order valence-corrected chi connectivity index (χ4v) is 4.09. The van der Waals surface area contributed by atoms with E-state index in [0.717, 1.165) is 33.8 Å². The van der Waals surface area contributed by atoms with Crippen molar-refractivity contribution < 1.29 is 9.47 Å². The predicted octanol–water partition coefficient (Wildman–Crippen LogP) is 4.36. The van der Waals surface area contributed by atoms with E-state index in [0.29, 0.717) is 24.9 Å². The quantitative estimate of drug-likeness (QED) is 0.663. The van der Waals surface area contributed by atoms with E-state index in [1.54, 1.807) is 6.20 Å². The van der Waals surface area contributed by atoms with Gasteiger partial charge in [-0.25, -0.2) is 4.98 Å². The van der Waals surface area contributed by atoms with Gasteiger partial charge >= 0.3 is 0 Å². The molecule has 0 unspecified atom stereocenters. The Morgan fingerprint density at radius 1 is 1.13 bits per heavy atom. The summed E-state index contributed by atoms with van der Waals surface area (Å²) in [6.07, 6.45) is 7.49. The second-order valence-corrected chi connectivity index (χ2v) is 9.35. The van der Waals surface area contributed by atoms with Gasteiger partial charge in [0.2, 0.25) is 5.88 Å². The standard InChI is InChI=1S/C25H26N4O2/c1-24(2,3)15-30-18-6-7-21-19(10-18)25(11-22(26)29-14-25)20-9-17(13-28-23(20)31-21)16-5-4-8-27-12-16/h4-13,29H,14-15,26H2,1-3H3/t25-/m1/s1. The number of ether oxygens (including phenoxy) is 2. The molecule has 1 atom stereocenters. The Kier molecular flexibility index (Phi) is 4.39. The Labute approximate surface area is 182 Å². The van der Waals surface area contributed by atoms with E-state index >= 15 is 0 Å². The SMILES string of the molecule is CC(C)(C)COc1ccc2c(c1)[C@]1(C=C(N)NC1)c1cc(-c3cccnc3)cnc1O2. The highest BCUT2D eigenvalue weighted by Crippen LogP contribution is 2.51. The Morgan fingerprint density at radius 2 is 2.00 bits per heavy atom. The normalized spacial score (nSPS) is 19.1. The maximum atomic E-state index is 6.21. The summed E-state index contributed by atoms with van der Waals surface area (Å²) in [7, 11) is 0. The van der Waals surface area contributed by atoms with Crippen molar-refractivity contribution in [1.29, 1.82) is 0 Å². The Balaban J connectivity index is 1.63. The molecule has 0 fully saturated rings. The molecule has 4 heterocycles. The highest BCUT2D eigenvalue weighted by Gasteiger charge is 2.45.